The van der Waals surface area contributed by atoms with Crippen molar-refractivity contribution in [3.63, 3.8) is 0 Å². The van der Waals surface area contributed by atoms with Crippen molar-refractivity contribution in [3.05, 3.63) is 24.0 Å². The average molecular weight is 390 g/mol. The number of amides is 1. The average Bonchev–Trinajstić information content (AvgIpc) is 3.16. The topological polar surface area (TPSA) is 81.3 Å². The number of aromatic nitrogens is 2. The molecular weight excluding hydrogens is 362 g/mol. The monoisotopic (exact) mass is 389 g/mol. The SMILES string of the molecule is CCN1CN(C2CCC(CNS(C)=O)CC2)c2c(cnc3[nH]ccc23)C1=O. The fourth-order valence-corrected chi connectivity index (χ4v) is 4.86. The van der Waals surface area contributed by atoms with Gasteiger partial charge in [-0.15, -0.1) is 0 Å². The van der Waals surface area contributed by atoms with Gasteiger partial charge in [0, 0.05) is 43.2 Å². The molecule has 1 aliphatic carbocycles. The van der Waals surface area contributed by atoms with Crippen LogP contribution in [0.1, 0.15) is 43.0 Å². The molecule has 27 heavy (non-hydrogen) atoms. The van der Waals surface area contributed by atoms with Crippen molar-refractivity contribution in [3.8, 4) is 0 Å². The van der Waals surface area contributed by atoms with Crippen molar-refractivity contribution in [2.45, 2.75) is 38.6 Å². The van der Waals surface area contributed by atoms with E-state index < -0.39 is 11.0 Å². The molecule has 3 heterocycles. The van der Waals surface area contributed by atoms with Crippen LogP contribution in [-0.2, 0) is 11.0 Å². The van der Waals surface area contributed by atoms with Gasteiger partial charge in [0.2, 0.25) is 0 Å². The molecule has 8 heteroatoms. The number of rotatable bonds is 5. The quantitative estimate of drug-likeness (QED) is 0.822. The molecule has 1 fully saturated rings. The summed E-state index contributed by atoms with van der Waals surface area (Å²) in [5.41, 5.74) is 2.58. The summed E-state index contributed by atoms with van der Waals surface area (Å²) in [6, 6.07) is 2.43. The van der Waals surface area contributed by atoms with Crippen molar-refractivity contribution in [2.75, 3.05) is 30.9 Å². The van der Waals surface area contributed by atoms with Crippen molar-refractivity contribution >= 4 is 33.6 Å². The Bertz CT molecular complexity index is 859. The number of H-pyrrole nitrogens is 1. The molecule has 4 rings (SSSR count). The van der Waals surface area contributed by atoms with Gasteiger partial charge in [0.05, 0.1) is 28.9 Å². The minimum atomic E-state index is -0.946. The van der Waals surface area contributed by atoms with Gasteiger partial charge in [0.1, 0.15) is 5.65 Å². The predicted molar refractivity (Wildman–Crippen MR) is 108 cm³/mol. The highest BCUT2D eigenvalue weighted by Gasteiger charge is 2.35. The third-order valence-electron chi connectivity index (χ3n) is 5.90. The third kappa shape index (κ3) is 3.48. The Labute approximate surface area is 162 Å². The number of aromatic amines is 1. The van der Waals surface area contributed by atoms with Gasteiger partial charge in [0.25, 0.3) is 5.91 Å². The van der Waals surface area contributed by atoms with E-state index >= 15 is 0 Å². The summed E-state index contributed by atoms with van der Waals surface area (Å²) < 4.78 is 14.3. The van der Waals surface area contributed by atoms with E-state index in [0.29, 0.717) is 30.7 Å². The molecule has 2 N–H and O–H groups in total. The standard InChI is InChI=1S/C19H27N5O2S/c1-3-23-12-24(14-6-4-13(5-7-14)10-22-27(2)26)17-15-8-9-20-18(15)21-11-16(17)19(23)25/h8-9,11,13-14,22H,3-7,10,12H2,1-2H3,(H,20,21). The van der Waals surface area contributed by atoms with Crippen molar-refractivity contribution < 1.29 is 9.00 Å². The van der Waals surface area contributed by atoms with Crippen LogP contribution in [0.15, 0.2) is 18.5 Å². The molecule has 0 spiro atoms. The lowest BCUT2D eigenvalue weighted by molar-refractivity contribution is 0.0741. The molecule has 1 amide bonds. The number of carbonyl (C=O) groups excluding carboxylic acids is 1. The third-order valence-corrected chi connectivity index (χ3v) is 6.47. The van der Waals surface area contributed by atoms with Crippen LogP contribution in [0.4, 0.5) is 5.69 Å². The minimum Gasteiger partial charge on any atom is -0.349 e. The molecule has 2 aromatic heterocycles. The lowest BCUT2D eigenvalue weighted by Gasteiger charge is -2.44. The zero-order chi connectivity index (χ0) is 19.0. The summed E-state index contributed by atoms with van der Waals surface area (Å²) in [5, 5.41) is 1.03. The molecule has 1 atom stereocenters. The van der Waals surface area contributed by atoms with Crippen LogP contribution < -0.4 is 9.62 Å². The van der Waals surface area contributed by atoms with E-state index in [1.165, 1.54) is 0 Å². The first kappa shape index (κ1) is 18.4. The van der Waals surface area contributed by atoms with Crippen LogP contribution in [0.25, 0.3) is 11.0 Å². The first-order valence-corrected chi connectivity index (χ1v) is 11.2. The molecule has 1 saturated carbocycles. The van der Waals surface area contributed by atoms with Gasteiger partial charge in [-0.1, -0.05) is 0 Å². The molecule has 0 saturated heterocycles. The lowest BCUT2D eigenvalue weighted by Crippen LogP contribution is -2.51. The summed E-state index contributed by atoms with van der Waals surface area (Å²) in [4.78, 5) is 24.8. The summed E-state index contributed by atoms with van der Waals surface area (Å²) in [6.45, 7) is 4.18. The number of anilines is 1. The largest absolute Gasteiger partial charge is 0.349 e. The van der Waals surface area contributed by atoms with Gasteiger partial charge in [0.15, 0.2) is 0 Å². The molecular formula is C19H27N5O2S. The van der Waals surface area contributed by atoms with Gasteiger partial charge >= 0.3 is 0 Å². The minimum absolute atomic E-state index is 0.0719. The number of nitrogens with one attached hydrogen (secondary N) is 2. The van der Waals surface area contributed by atoms with Crippen molar-refractivity contribution in [1.29, 1.82) is 0 Å². The van der Waals surface area contributed by atoms with Crippen LogP contribution in [0.5, 0.6) is 0 Å². The van der Waals surface area contributed by atoms with E-state index in [9.17, 15) is 9.00 Å². The van der Waals surface area contributed by atoms with Crippen LogP contribution in [0.3, 0.4) is 0 Å². The van der Waals surface area contributed by atoms with Crippen LogP contribution in [0.2, 0.25) is 0 Å². The Morgan fingerprint density at radius 2 is 2.11 bits per heavy atom. The number of pyridine rings is 1. The molecule has 0 bridgehead atoms. The van der Waals surface area contributed by atoms with E-state index in [4.69, 9.17) is 0 Å². The van der Waals surface area contributed by atoms with E-state index in [1.807, 2.05) is 24.1 Å². The number of hydrogen-bond acceptors (Lipinski definition) is 4. The molecule has 0 radical (unpaired) electrons. The number of fused-ring (bicyclic) bond motifs is 3. The van der Waals surface area contributed by atoms with E-state index in [0.717, 1.165) is 48.9 Å². The highest BCUT2D eigenvalue weighted by atomic mass is 32.2. The summed E-state index contributed by atoms with van der Waals surface area (Å²) in [7, 11) is -0.946. The van der Waals surface area contributed by atoms with Gasteiger partial charge in [-0.05, 0) is 44.6 Å². The second-order valence-corrected chi connectivity index (χ2v) is 8.71. The highest BCUT2D eigenvalue weighted by molar-refractivity contribution is 7.82. The van der Waals surface area contributed by atoms with E-state index in [2.05, 4.69) is 19.6 Å². The van der Waals surface area contributed by atoms with Gasteiger partial charge in [-0.3, -0.25) is 4.79 Å². The molecule has 2 aliphatic rings. The summed E-state index contributed by atoms with van der Waals surface area (Å²) in [6.07, 6.45) is 9.69. The first-order chi connectivity index (χ1) is 13.1. The Kier molecular flexibility index (Phi) is 5.19. The zero-order valence-electron chi connectivity index (χ0n) is 15.9. The number of carbonyl (C=O) groups is 1. The number of nitrogens with zero attached hydrogens (tertiary/aromatic N) is 3. The Morgan fingerprint density at radius 1 is 1.33 bits per heavy atom. The molecule has 146 valence electrons. The van der Waals surface area contributed by atoms with E-state index in [1.54, 1.807) is 12.5 Å². The van der Waals surface area contributed by atoms with Crippen LogP contribution >= 0.6 is 0 Å². The molecule has 1 aliphatic heterocycles. The zero-order valence-corrected chi connectivity index (χ0v) is 16.7. The lowest BCUT2D eigenvalue weighted by atomic mass is 9.85. The van der Waals surface area contributed by atoms with Crippen LogP contribution in [-0.4, -0.2) is 57.0 Å². The Morgan fingerprint density at radius 3 is 2.81 bits per heavy atom. The maximum absolute atomic E-state index is 12.9. The highest BCUT2D eigenvalue weighted by Crippen LogP contribution is 2.38. The van der Waals surface area contributed by atoms with Gasteiger partial charge in [-0.25, -0.2) is 13.9 Å². The van der Waals surface area contributed by atoms with Gasteiger partial charge in [-0.2, -0.15) is 0 Å². The second-order valence-electron chi connectivity index (χ2n) is 7.51. The van der Waals surface area contributed by atoms with Crippen LogP contribution in [0, 0.1) is 5.92 Å². The molecule has 1 unspecified atom stereocenters. The summed E-state index contributed by atoms with van der Waals surface area (Å²) in [5.74, 6) is 0.644. The predicted octanol–water partition coefficient (Wildman–Crippen LogP) is 2.24. The molecule has 7 nitrogen and oxygen atoms in total. The maximum Gasteiger partial charge on any atom is 0.258 e. The smallest absolute Gasteiger partial charge is 0.258 e. The summed E-state index contributed by atoms with van der Waals surface area (Å²) >= 11 is 0. The normalized spacial score (nSPS) is 24.3. The maximum atomic E-state index is 12.9. The fraction of sp³-hybridized carbons (Fsp3) is 0.579. The number of hydrogen-bond donors (Lipinski definition) is 2. The molecule has 2 aromatic rings. The van der Waals surface area contributed by atoms with Crippen molar-refractivity contribution in [2.24, 2.45) is 5.92 Å². The fourth-order valence-electron chi connectivity index (χ4n) is 4.39. The van der Waals surface area contributed by atoms with E-state index in [-0.39, 0.29) is 5.91 Å². The van der Waals surface area contributed by atoms with Gasteiger partial charge < -0.3 is 14.8 Å². The molecule has 0 aromatic carbocycles. The second kappa shape index (κ2) is 7.59. The first-order valence-electron chi connectivity index (χ1n) is 9.67. The van der Waals surface area contributed by atoms with Crippen molar-refractivity contribution in [1.82, 2.24) is 19.6 Å². The Balaban J connectivity index is 1.60. The Hall–Kier alpha value is -1.93.